The molecule has 0 radical (unpaired) electrons. The molecule has 0 fully saturated rings. The Morgan fingerprint density at radius 1 is 1.44 bits per heavy atom. The average Bonchev–Trinajstić information content (AvgIpc) is 2.28. The molecule has 1 amide bonds. The highest BCUT2D eigenvalue weighted by atomic mass is 16.5. The van der Waals surface area contributed by atoms with E-state index >= 15 is 0 Å². The zero-order valence-electron chi connectivity index (χ0n) is 9.47. The number of carbonyl (C=O) groups excluding carboxylic acids is 2. The first kappa shape index (κ1) is 12.2. The molecule has 0 saturated carbocycles. The van der Waals surface area contributed by atoms with Gasteiger partial charge < -0.3 is 9.64 Å². The van der Waals surface area contributed by atoms with Crippen molar-refractivity contribution in [1.82, 2.24) is 0 Å². The van der Waals surface area contributed by atoms with E-state index in [1.807, 2.05) is 31.2 Å². The number of benzene rings is 1. The van der Waals surface area contributed by atoms with Gasteiger partial charge in [0.1, 0.15) is 6.61 Å². The monoisotopic (exact) mass is 221 g/mol. The topological polar surface area (TPSA) is 46.6 Å². The standard InChI is InChI=1S/C12H15NO3/c1-3-13(10(2)15)12-7-5-4-6-11(12)8-16-9-14/h4-7,9H,3,8H2,1-2H3. The van der Waals surface area contributed by atoms with Crippen LogP contribution in [0.15, 0.2) is 24.3 Å². The third-order valence-corrected chi connectivity index (χ3v) is 2.29. The highest BCUT2D eigenvalue weighted by molar-refractivity contribution is 5.92. The number of hydrogen-bond acceptors (Lipinski definition) is 3. The SMILES string of the molecule is CCN(C(C)=O)c1ccccc1COC=O. The first-order chi connectivity index (χ1) is 7.70. The molecule has 0 heterocycles. The lowest BCUT2D eigenvalue weighted by molar-refractivity contribution is -0.129. The lowest BCUT2D eigenvalue weighted by Crippen LogP contribution is -2.28. The predicted octanol–water partition coefficient (Wildman–Crippen LogP) is 1.73. The van der Waals surface area contributed by atoms with E-state index in [2.05, 4.69) is 0 Å². The number of hydrogen-bond donors (Lipinski definition) is 0. The lowest BCUT2D eigenvalue weighted by Gasteiger charge is -2.21. The van der Waals surface area contributed by atoms with Gasteiger partial charge in [-0.3, -0.25) is 9.59 Å². The summed E-state index contributed by atoms with van der Waals surface area (Å²) in [5, 5.41) is 0. The van der Waals surface area contributed by atoms with Crippen molar-refractivity contribution < 1.29 is 14.3 Å². The Bertz CT molecular complexity index is 376. The van der Waals surface area contributed by atoms with Gasteiger partial charge >= 0.3 is 0 Å². The van der Waals surface area contributed by atoms with Crippen LogP contribution in [-0.4, -0.2) is 18.9 Å². The lowest BCUT2D eigenvalue weighted by atomic mass is 10.1. The molecule has 1 aromatic carbocycles. The van der Waals surface area contributed by atoms with Crippen LogP contribution in [0.3, 0.4) is 0 Å². The quantitative estimate of drug-likeness (QED) is 0.711. The fraction of sp³-hybridized carbons (Fsp3) is 0.333. The molecular weight excluding hydrogens is 206 g/mol. The maximum Gasteiger partial charge on any atom is 0.293 e. The summed E-state index contributed by atoms with van der Waals surface area (Å²) in [6.45, 7) is 4.59. The highest BCUT2D eigenvalue weighted by Gasteiger charge is 2.12. The molecule has 0 aliphatic carbocycles. The second-order valence-corrected chi connectivity index (χ2v) is 3.30. The second-order valence-electron chi connectivity index (χ2n) is 3.30. The predicted molar refractivity (Wildman–Crippen MR) is 61.0 cm³/mol. The maximum absolute atomic E-state index is 11.4. The number of para-hydroxylation sites is 1. The molecule has 0 aliphatic heterocycles. The van der Waals surface area contributed by atoms with Crippen molar-refractivity contribution in [2.45, 2.75) is 20.5 Å². The summed E-state index contributed by atoms with van der Waals surface area (Å²) in [6.07, 6.45) is 0. The van der Waals surface area contributed by atoms with Crippen LogP contribution in [0.5, 0.6) is 0 Å². The Morgan fingerprint density at radius 2 is 2.12 bits per heavy atom. The van der Waals surface area contributed by atoms with Gasteiger partial charge in [-0.1, -0.05) is 18.2 Å². The van der Waals surface area contributed by atoms with E-state index in [1.54, 1.807) is 4.90 Å². The van der Waals surface area contributed by atoms with Crippen LogP contribution in [-0.2, 0) is 20.9 Å². The molecule has 0 saturated heterocycles. The molecule has 1 rings (SSSR count). The van der Waals surface area contributed by atoms with Crippen LogP contribution < -0.4 is 4.90 Å². The molecule has 0 N–H and O–H groups in total. The van der Waals surface area contributed by atoms with E-state index in [0.29, 0.717) is 13.0 Å². The van der Waals surface area contributed by atoms with Gasteiger partial charge in [0.15, 0.2) is 0 Å². The van der Waals surface area contributed by atoms with Crippen LogP contribution >= 0.6 is 0 Å². The van der Waals surface area contributed by atoms with Gasteiger partial charge in [0.25, 0.3) is 6.47 Å². The first-order valence-electron chi connectivity index (χ1n) is 5.12. The zero-order chi connectivity index (χ0) is 12.0. The smallest absolute Gasteiger partial charge is 0.293 e. The van der Waals surface area contributed by atoms with E-state index in [9.17, 15) is 9.59 Å². The summed E-state index contributed by atoms with van der Waals surface area (Å²) in [6, 6.07) is 7.38. The molecular formula is C12H15NO3. The Morgan fingerprint density at radius 3 is 2.69 bits per heavy atom. The Hall–Kier alpha value is -1.84. The molecule has 0 bridgehead atoms. The third kappa shape index (κ3) is 2.82. The van der Waals surface area contributed by atoms with Gasteiger partial charge in [-0.25, -0.2) is 0 Å². The summed E-state index contributed by atoms with van der Waals surface area (Å²) in [5.41, 5.74) is 1.62. The minimum absolute atomic E-state index is 0.0268. The summed E-state index contributed by atoms with van der Waals surface area (Å²) in [4.78, 5) is 23.2. The normalized spacial score (nSPS) is 9.62. The summed E-state index contributed by atoms with van der Waals surface area (Å²) in [7, 11) is 0. The molecule has 4 heteroatoms. The van der Waals surface area contributed by atoms with Crippen molar-refractivity contribution in [3.05, 3.63) is 29.8 Å². The van der Waals surface area contributed by atoms with E-state index in [-0.39, 0.29) is 12.5 Å². The van der Waals surface area contributed by atoms with Crippen molar-refractivity contribution in [3.63, 3.8) is 0 Å². The van der Waals surface area contributed by atoms with E-state index in [0.717, 1.165) is 11.3 Å². The molecule has 0 aliphatic rings. The van der Waals surface area contributed by atoms with Gasteiger partial charge in [0.2, 0.25) is 5.91 Å². The highest BCUT2D eigenvalue weighted by Crippen LogP contribution is 2.21. The van der Waals surface area contributed by atoms with Gasteiger partial charge in [-0.05, 0) is 13.0 Å². The number of rotatable bonds is 5. The molecule has 0 unspecified atom stereocenters. The van der Waals surface area contributed by atoms with Crippen LogP contribution in [0.1, 0.15) is 19.4 Å². The van der Waals surface area contributed by atoms with Gasteiger partial charge in [0, 0.05) is 19.0 Å². The van der Waals surface area contributed by atoms with Gasteiger partial charge in [0.05, 0.1) is 5.69 Å². The fourth-order valence-corrected chi connectivity index (χ4v) is 1.58. The van der Waals surface area contributed by atoms with E-state index in [4.69, 9.17) is 4.74 Å². The minimum atomic E-state index is -0.0268. The summed E-state index contributed by atoms with van der Waals surface area (Å²) in [5.74, 6) is -0.0268. The second kappa shape index (κ2) is 5.90. The van der Waals surface area contributed by atoms with Gasteiger partial charge in [-0.2, -0.15) is 0 Å². The zero-order valence-corrected chi connectivity index (χ0v) is 9.47. The van der Waals surface area contributed by atoms with Crippen LogP contribution in [0.2, 0.25) is 0 Å². The largest absolute Gasteiger partial charge is 0.463 e. The molecule has 4 nitrogen and oxygen atoms in total. The molecule has 0 spiro atoms. The number of ether oxygens (including phenoxy) is 1. The van der Waals surface area contributed by atoms with Gasteiger partial charge in [-0.15, -0.1) is 0 Å². The number of amides is 1. The van der Waals surface area contributed by atoms with Crippen LogP contribution in [0, 0.1) is 0 Å². The first-order valence-corrected chi connectivity index (χ1v) is 5.12. The molecule has 86 valence electrons. The summed E-state index contributed by atoms with van der Waals surface area (Å²) >= 11 is 0. The van der Waals surface area contributed by atoms with Crippen molar-refractivity contribution in [2.24, 2.45) is 0 Å². The fourth-order valence-electron chi connectivity index (χ4n) is 1.58. The number of anilines is 1. The Kier molecular flexibility index (Phi) is 4.51. The Labute approximate surface area is 94.8 Å². The number of carbonyl (C=O) groups is 2. The third-order valence-electron chi connectivity index (χ3n) is 2.29. The molecule has 16 heavy (non-hydrogen) atoms. The van der Waals surface area contributed by atoms with Crippen molar-refractivity contribution in [2.75, 3.05) is 11.4 Å². The molecule has 0 aromatic heterocycles. The van der Waals surface area contributed by atoms with E-state index in [1.165, 1.54) is 6.92 Å². The van der Waals surface area contributed by atoms with Crippen molar-refractivity contribution in [3.8, 4) is 0 Å². The minimum Gasteiger partial charge on any atom is -0.463 e. The van der Waals surface area contributed by atoms with E-state index < -0.39 is 0 Å². The van der Waals surface area contributed by atoms with Crippen LogP contribution in [0.25, 0.3) is 0 Å². The molecule has 1 aromatic rings. The Balaban J connectivity index is 3.00. The van der Waals surface area contributed by atoms with Crippen LogP contribution in [0.4, 0.5) is 5.69 Å². The average molecular weight is 221 g/mol. The maximum atomic E-state index is 11.4. The number of nitrogens with zero attached hydrogens (tertiary/aromatic N) is 1. The van der Waals surface area contributed by atoms with Crippen molar-refractivity contribution in [1.29, 1.82) is 0 Å². The summed E-state index contributed by atoms with van der Waals surface area (Å²) < 4.78 is 4.72. The molecule has 0 atom stereocenters. The van der Waals surface area contributed by atoms with Crippen molar-refractivity contribution >= 4 is 18.1 Å².